The lowest BCUT2D eigenvalue weighted by atomic mass is 9.93. The van der Waals surface area contributed by atoms with Crippen molar-refractivity contribution < 1.29 is 4.74 Å². The van der Waals surface area contributed by atoms with E-state index in [1.165, 1.54) is 0 Å². The predicted molar refractivity (Wildman–Crippen MR) is 52.1 cm³/mol. The van der Waals surface area contributed by atoms with Crippen LogP contribution in [0.5, 0.6) is 0 Å². The predicted octanol–water partition coefficient (Wildman–Crippen LogP) is 3.01. The van der Waals surface area contributed by atoms with Crippen molar-refractivity contribution >= 4 is 0 Å². The minimum atomic E-state index is 0.475. The van der Waals surface area contributed by atoms with Crippen molar-refractivity contribution in [2.24, 2.45) is 11.8 Å². The van der Waals surface area contributed by atoms with E-state index in [9.17, 15) is 0 Å². The van der Waals surface area contributed by atoms with Crippen molar-refractivity contribution in [3.8, 4) is 0 Å². The van der Waals surface area contributed by atoms with Gasteiger partial charge in [0.15, 0.2) is 0 Å². The van der Waals surface area contributed by atoms with E-state index < -0.39 is 0 Å². The Bertz CT molecular complexity index is 151. The molecule has 0 amide bonds. The minimum absolute atomic E-state index is 0.475. The van der Waals surface area contributed by atoms with E-state index in [4.69, 9.17) is 4.74 Å². The zero-order valence-electron chi connectivity index (χ0n) is 8.42. The minimum Gasteiger partial charge on any atom is -0.377 e. The average Bonchev–Trinajstić information content (AvgIpc) is 2.36. The Balaban J connectivity index is 2.29. The van der Waals surface area contributed by atoms with Crippen LogP contribution in [0, 0.1) is 11.8 Å². The third kappa shape index (κ3) is 2.34. The lowest BCUT2D eigenvalue weighted by molar-refractivity contribution is 0.0957. The molecular formula is C11H20O. The van der Waals surface area contributed by atoms with Gasteiger partial charge >= 0.3 is 0 Å². The van der Waals surface area contributed by atoms with Gasteiger partial charge in [-0.3, -0.25) is 0 Å². The third-order valence-electron chi connectivity index (χ3n) is 2.83. The summed E-state index contributed by atoms with van der Waals surface area (Å²) in [6.07, 6.45) is 7.18. The molecule has 1 aliphatic rings. The van der Waals surface area contributed by atoms with Crippen LogP contribution in [-0.4, -0.2) is 12.7 Å². The van der Waals surface area contributed by atoms with E-state index in [-0.39, 0.29) is 0 Å². The Kier molecular flexibility index (Phi) is 3.80. The second-order valence-electron chi connectivity index (χ2n) is 3.82. The maximum atomic E-state index is 5.67. The molecule has 1 rings (SSSR count). The molecule has 1 heterocycles. The Morgan fingerprint density at radius 3 is 2.58 bits per heavy atom. The van der Waals surface area contributed by atoms with E-state index in [1.807, 2.05) is 0 Å². The quantitative estimate of drug-likeness (QED) is 0.589. The van der Waals surface area contributed by atoms with E-state index >= 15 is 0 Å². The summed E-state index contributed by atoms with van der Waals surface area (Å²) in [4.78, 5) is 0. The molecule has 1 saturated heterocycles. The largest absolute Gasteiger partial charge is 0.377 e. The van der Waals surface area contributed by atoms with Crippen LogP contribution in [0.15, 0.2) is 12.2 Å². The normalized spacial score (nSPS) is 36.4. The first-order chi connectivity index (χ1) is 5.75. The molecule has 1 aliphatic heterocycles. The highest BCUT2D eigenvalue weighted by molar-refractivity contribution is 4.88. The standard InChI is InChI=1S/C11H20O/c1-4-5-6-7-11-10(3)9(2)8-12-11/h5-6,9-11H,4,7-8H2,1-3H3/b6-5+. The smallest absolute Gasteiger partial charge is 0.0638 e. The number of allylic oxidation sites excluding steroid dienone is 1. The molecular weight excluding hydrogens is 148 g/mol. The fourth-order valence-electron chi connectivity index (χ4n) is 1.63. The molecule has 0 aromatic carbocycles. The van der Waals surface area contributed by atoms with Gasteiger partial charge in [-0.1, -0.05) is 32.9 Å². The van der Waals surface area contributed by atoms with E-state index in [1.54, 1.807) is 0 Å². The van der Waals surface area contributed by atoms with Crippen LogP contribution in [0.4, 0.5) is 0 Å². The van der Waals surface area contributed by atoms with Crippen molar-refractivity contribution in [1.82, 2.24) is 0 Å². The summed E-state index contributed by atoms with van der Waals surface area (Å²) in [6.45, 7) is 7.68. The van der Waals surface area contributed by atoms with Crippen LogP contribution in [0.3, 0.4) is 0 Å². The molecule has 70 valence electrons. The maximum absolute atomic E-state index is 5.67. The van der Waals surface area contributed by atoms with Gasteiger partial charge < -0.3 is 4.74 Å². The molecule has 0 radical (unpaired) electrons. The highest BCUT2D eigenvalue weighted by Gasteiger charge is 2.29. The van der Waals surface area contributed by atoms with E-state index in [2.05, 4.69) is 32.9 Å². The molecule has 1 heteroatoms. The van der Waals surface area contributed by atoms with Crippen molar-refractivity contribution in [2.45, 2.75) is 39.7 Å². The highest BCUT2D eigenvalue weighted by atomic mass is 16.5. The van der Waals surface area contributed by atoms with E-state index in [0.717, 1.165) is 31.3 Å². The summed E-state index contributed by atoms with van der Waals surface area (Å²) in [5.41, 5.74) is 0. The fourth-order valence-corrected chi connectivity index (χ4v) is 1.63. The molecule has 1 nitrogen and oxygen atoms in total. The van der Waals surface area contributed by atoms with Crippen LogP contribution >= 0.6 is 0 Å². The number of rotatable bonds is 3. The molecule has 12 heavy (non-hydrogen) atoms. The van der Waals surface area contributed by atoms with Gasteiger partial charge in [0.05, 0.1) is 6.10 Å². The Morgan fingerprint density at radius 1 is 1.33 bits per heavy atom. The van der Waals surface area contributed by atoms with Gasteiger partial charge in [-0.05, 0) is 24.7 Å². The second-order valence-corrected chi connectivity index (χ2v) is 3.82. The first-order valence-electron chi connectivity index (χ1n) is 5.02. The topological polar surface area (TPSA) is 9.23 Å². The Hall–Kier alpha value is -0.300. The molecule has 0 aliphatic carbocycles. The Labute approximate surface area is 75.8 Å². The molecule has 0 N–H and O–H groups in total. The lowest BCUT2D eigenvalue weighted by Gasteiger charge is -2.13. The second kappa shape index (κ2) is 4.66. The molecule has 0 aromatic heterocycles. The number of ether oxygens (including phenoxy) is 1. The molecule has 3 unspecified atom stereocenters. The van der Waals surface area contributed by atoms with Gasteiger partial charge in [0.25, 0.3) is 0 Å². The van der Waals surface area contributed by atoms with Crippen molar-refractivity contribution in [3.05, 3.63) is 12.2 Å². The fraction of sp³-hybridized carbons (Fsp3) is 0.818. The third-order valence-corrected chi connectivity index (χ3v) is 2.83. The molecule has 0 spiro atoms. The number of hydrogen-bond donors (Lipinski definition) is 0. The van der Waals surface area contributed by atoms with Gasteiger partial charge in [0, 0.05) is 6.61 Å². The maximum Gasteiger partial charge on any atom is 0.0638 e. The molecule has 0 saturated carbocycles. The highest BCUT2D eigenvalue weighted by Crippen LogP contribution is 2.28. The van der Waals surface area contributed by atoms with Crippen LogP contribution in [-0.2, 0) is 4.74 Å². The van der Waals surface area contributed by atoms with Gasteiger partial charge in [0.2, 0.25) is 0 Å². The van der Waals surface area contributed by atoms with Crippen LogP contribution in [0.2, 0.25) is 0 Å². The van der Waals surface area contributed by atoms with Gasteiger partial charge in [-0.25, -0.2) is 0 Å². The summed E-state index contributed by atoms with van der Waals surface area (Å²) in [6, 6.07) is 0. The monoisotopic (exact) mass is 168 g/mol. The summed E-state index contributed by atoms with van der Waals surface area (Å²) in [7, 11) is 0. The average molecular weight is 168 g/mol. The first-order valence-corrected chi connectivity index (χ1v) is 5.02. The van der Waals surface area contributed by atoms with Crippen molar-refractivity contribution in [1.29, 1.82) is 0 Å². The molecule has 0 aromatic rings. The zero-order chi connectivity index (χ0) is 8.97. The SMILES string of the molecule is CC/C=C/CC1OCC(C)C1C. The van der Waals surface area contributed by atoms with Crippen LogP contribution in [0.1, 0.15) is 33.6 Å². The molecule has 0 bridgehead atoms. The molecule has 1 fully saturated rings. The van der Waals surface area contributed by atoms with Gasteiger partial charge in [-0.15, -0.1) is 0 Å². The summed E-state index contributed by atoms with van der Waals surface area (Å²) >= 11 is 0. The zero-order valence-corrected chi connectivity index (χ0v) is 8.42. The summed E-state index contributed by atoms with van der Waals surface area (Å²) in [5, 5.41) is 0. The van der Waals surface area contributed by atoms with Crippen LogP contribution < -0.4 is 0 Å². The van der Waals surface area contributed by atoms with Gasteiger partial charge in [-0.2, -0.15) is 0 Å². The van der Waals surface area contributed by atoms with Crippen LogP contribution in [0.25, 0.3) is 0 Å². The summed E-state index contributed by atoms with van der Waals surface area (Å²) in [5.74, 6) is 1.47. The summed E-state index contributed by atoms with van der Waals surface area (Å²) < 4.78 is 5.67. The Morgan fingerprint density at radius 2 is 2.08 bits per heavy atom. The number of hydrogen-bond acceptors (Lipinski definition) is 1. The first kappa shape index (κ1) is 9.79. The van der Waals surface area contributed by atoms with E-state index in [0.29, 0.717) is 6.10 Å². The lowest BCUT2D eigenvalue weighted by Crippen LogP contribution is -2.14. The molecule has 3 atom stereocenters. The van der Waals surface area contributed by atoms with Crippen molar-refractivity contribution in [2.75, 3.05) is 6.61 Å². The van der Waals surface area contributed by atoms with Gasteiger partial charge in [0.1, 0.15) is 0 Å². The van der Waals surface area contributed by atoms with Crippen molar-refractivity contribution in [3.63, 3.8) is 0 Å².